The van der Waals surface area contributed by atoms with Gasteiger partial charge in [-0.15, -0.1) is 0 Å². The molecule has 0 aliphatic rings. The maximum absolute atomic E-state index is 11.3. The fraction of sp³-hybridized carbons (Fsp3) is 0.286. The first-order valence-corrected chi connectivity index (χ1v) is 5.95. The second-order valence-electron chi connectivity index (χ2n) is 5.04. The number of pyridine rings is 1. The Labute approximate surface area is 110 Å². The van der Waals surface area contributed by atoms with Crippen molar-refractivity contribution >= 4 is 22.6 Å². The van der Waals surface area contributed by atoms with Gasteiger partial charge in [0.15, 0.2) is 0 Å². The Hall–Kier alpha value is -2.14. The van der Waals surface area contributed by atoms with Crippen LogP contribution in [0.15, 0.2) is 30.5 Å². The van der Waals surface area contributed by atoms with Crippen LogP contribution in [0.1, 0.15) is 24.2 Å². The molecule has 0 amide bonds. The highest BCUT2D eigenvalue weighted by molar-refractivity contribution is 6.08. The number of anilines is 1. The van der Waals surface area contributed by atoms with Gasteiger partial charge in [-0.05, 0) is 31.4 Å². The second-order valence-corrected chi connectivity index (χ2v) is 5.04. The van der Waals surface area contributed by atoms with Crippen molar-refractivity contribution in [3.63, 3.8) is 0 Å². The molecule has 0 aliphatic heterocycles. The van der Waals surface area contributed by atoms with Crippen molar-refractivity contribution in [1.82, 2.24) is 4.98 Å². The zero-order valence-electron chi connectivity index (χ0n) is 10.8. The first-order valence-electron chi connectivity index (χ1n) is 5.95. The standard InChI is InChI=1S/C14H16N2O3/c1-14(2,8-17)16-12-11-9(6-7-15-12)4-3-5-10(11)13(18)19/h3-7,17H,8H2,1-2H3,(H,15,16)(H,18,19). The number of aromatic carboxylic acids is 1. The number of hydrogen-bond donors (Lipinski definition) is 3. The Kier molecular flexibility index (Phi) is 3.40. The van der Waals surface area contributed by atoms with E-state index in [0.717, 1.165) is 5.39 Å². The number of nitrogens with zero attached hydrogens (tertiary/aromatic N) is 1. The predicted octanol–water partition coefficient (Wildman–Crippen LogP) is 2.12. The molecule has 0 saturated carbocycles. The van der Waals surface area contributed by atoms with Gasteiger partial charge >= 0.3 is 5.97 Å². The normalized spacial score (nSPS) is 11.5. The highest BCUT2D eigenvalue weighted by Gasteiger charge is 2.20. The molecule has 0 aliphatic carbocycles. The zero-order chi connectivity index (χ0) is 14.0. The van der Waals surface area contributed by atoms with Crippen molar-refractivity contribution in [2.24, 2.45) is 0 Å². The van der Waals surface area contributed by atoms with Crippen LogP contribution in [0.3, 0.4) is 0 Å². The molecular formula is C14H16N2O3. The minimum Gasteiger partial charge on any atom is -0.478 e. The first-order chi connectivity index (χ1) is 8.94. The van der Waals surface area contributed by atoms with E-state index >= 15 is 0 Å². The van der Waals surface area contributed by atoms with E-state index in [2.05, 4.69) is 10.3 Å². The van der Waals surface area contributed by atoms with Gasteiger partial charge in [-0.2, -0.15) is 0 Å². The zero-order valence-corrected chi connectivity index (χ0v) is 10.8. The summed E-state index contributed by atoms with van der Waals surface area (Å²) < 4.78 is 0. The average molecular weight is 260 g/mol. The van der Waals surface area contributed by atoms with Crippen LogP contribution >= 0.6 is 0 Å². The molecule has 3 N–H and O–H groups in total. The Morgan fingerprint density at radius 3 is 2.74 bits per heavy atom. The van der Waals surface area contributed by atoms with Gasteiger partial charge in [0.05, 0.1) is 17.7 Å². The van der Waals surface area contributed by atoms with E-state index in [4.69, 9.17) is 0 Å². The minimum absolute atomic E-state index is 0.0830. The number of nitrogens with one attached hydrogen (secondary N) is 1. The summed E-state index contributed by atoms with van der Waals surface area (Å²) in [5, 5.41) is 23.0. The smallest absolute Gasteiger partial charge is 0.336 e. The number of aliphatic hydroxyl groups excluding tert-OH is 1. The number of aromatic nitrogens is 1. The molecule has 0 bridgehead atoms. The van der Waals surface area contributed by atoms with Crippen molar-refractivity contribution in [3.8, 4) is 0 Å². The van der Waals surface area contributed by atoms with Gasteiger partial charge in [0, 0.05) is 11.6 Å². The number of carboxylic acids is 1. The van der Waals surface area contributed by atoms with E-state index in [9.17, 15) is 15.0 Å². The van der Waals surface area contributed by atoms with Crippen LogP contribution < -0.4 is 5.32 Å². The molecule has 2 aromatic rings. The van der Waals surface area contributed by atoms with E-state index in [-0.39, 0.29) is 12.2 Å². The molecule has 5 nitrogen and oxygen atoms in total. The molecule has 2 rings (SSSR count). The summed E-state index contributed by atoms with van der Waals surface area (Å²) >= 11 is 0. The first kappa shape index (κ1) is 13.3. The number of carbonyl (C=O) groups is 1. The molecule has 0 spiro atoms. The van der Waals surface area contributed by atoms with E-state index < -0.39 is 11.5 Å². The summed E-state index contributed by atoms with van der Waals surface area (Å²) in [6.45, 7) is 3.55. The van der Waals surface area contributed by atoms with E-state index in [1.807, 2.05) is 19.9 Å². The van der Waals surface area contributed by atoms with Crippen molar-refractivity contribution in [3.05, 3.63) is 36.0 Å². The molecule has 5 heteroatoms. The third-order valence-corrected chi connectivity index (χ3v) is 2.87. The van der Waals surface area contributed by atoms with Crippen LogP contribution in [-0.2, 0) is 0 Å². The topological polar surface area (TPSA) is 82.5 Å². The third kappa shape index (κ3) is 2.66. The van der Waals surface area contributed by atoms with Gasteiger partial charge in [0.2, 0.25) is 0 Å². The maximum atomic E-state index is 11.3. The fourth-order valence-corrected chi connectivity index (χ4v) is 1.86. The Balaban J connectivity index is 2.64. The van der Waals surface area contributed by atoms with E-state index in [1.165, 1.54) is 0 Å². The summed E-state index contributed by atoms with van der Waals surface area (Å²) in [6.07, 6.45) is 1.61. The number of hydrogen-bond acceptors (Lipinski definition) is 4. The number of rotatable bonds is 4. The maximum Gasteiger partial charge on any atom is 0.336 e. The molecule has 0 radical (unpaired) electrons. The lowest BCUT2D eigenvalue weighted by Crippen LogP contribution is -2.35. The molecule has 0 saturated heterocycles. The van der Waals surface area contributed by atoms with Gasteiger partial charge in [0.25, 0.3) is 0 Å². The van der Waals surface area contributed by atoms with Crippen molar-refractivity contribution in [2.75, 3.05) is 11.9 Å². The molecule has 0 atom stereocenters. The Morgan fingerprint density at radius 1 is 1.37 bits per heavy atom. The van der Waals surface area contributed by atoms with Crippen LogP contribution in [0.4, 0.5) is 5.82 Å². The van der Waals surface area contributed by atoms with Crippen LogP contribution in [0.5, 0.6) is 0 Å². The van der Waals surface area contributed by atoms with Gasteiger partial charge in [-0.3, -0.25) is 0 Å². The number of aliphatic hydroxyl groups is 1. The van der Waals surface area contributed by atoms with Gasteiger partial charge in [-0.25, -0.2) is 9.78 Å². The molecule has 1 aromatic carbocycles. The summed E-state index contributed by atoms with van der Waals surface area (Å²) in [5.74, 6) is -0.530. The van der Waals surface area contributed by atoms with Crippen LogP contribution in [0, 0.1) is 0 Å². The SMILES string of the molecule is CC(C)(CO)Nc1nccc2cccc(C(=O)O)c12. The van der Waals surface area contributed by atoms with Crippen LogP contribution in [0.25, 0.3) is 10.8 Å². The lowest BCUT2D eigenvalue weighted by Gasteiger charge is -2.25. The van der Waals surface area contributed by atoms with Crippen molar-refractivity contribution in [1.29, 1.82) is 0 Å². The molecule has 19 heavy (non-hydrogen) atoms. The van der Waals surface area contributed by atoms with E-state index in [1.54, 1.807) is 24.4 Å². The highest BCUT2D eigenvalue weighted by atomic mass is 16.4. The number of fused-ring (bicyclic) bond motifs is 1. The summed E-state index contributed by atoms with van der Waals surface area (Å²) in [6, 6.07) is 6.84. The second kappa shape index (κ2) is 4.85. The Morgan fingerprint density at radius 2 is 2.11 bits per heavy atom. The van der Waals surface area contributed by atoms with Gasteiger partial charge in [0.1, 0.15) is 5.82 Å². The predicted molar refractivity (Wildman–Crippen MR) is 73.5 cm³/mol. The Bertz CT molecular complexity index is 618. The average Bonchev–Trinajstić information content (AvgIpc) is 2.38. The monoisotopic (exact) mass is 260 g/mol. The van der Waals surface area contributed by atoms with Crippen LogP contribution in [-0.4, -0.2) is 33.3 Å². The van der Waals surface area contributed by atoms with E-state index in [0.29, 0.717) is 11.2 Å². The third-order valence-electron chi connectivity index (χ3n) is 2.87. The largest absolute Gasteiger partial charge is 0.478 e. The summed E-state index contributed by atoms with van der Waals surface area (Å²) in [7, 11) is 0. The highest BCUT2D eigenvalue weighted by Crippen LogP contribution is 2.27. The lowest BCUT2D eigenvalue weighted by atomic mass is 10.0. The van der Waals surface area contributed by atoms with Crippen LogP contribution in [0.2, 0.25) is 0 Å². The summed E-state index contributed by atoms with van der Waals surface area (Å²) in [4.78, 5) is 15.5. The molecule has 100 valence electrons. The molecule has 0 unspecified atom stereocenters. The lowest BCUT2D eigenvalue weighted by molar-refractivity contribution is 0.0699. The fourth-order valence-electron chi connectivity index (χ4n) is 1.86. The molecule has 0 fully saturated rings. The van der Waals surface area contributed by atoms with Gasteiger partial charge in [-0.1, -0.05) is 12.1 Å². The van der Waals surface area contributed by atoms with Crippen molar-refractivity contribution in [2.45, 2.75) is 19.4 Å². The number of carboxylic acid groups (broad SMARTS) is 1. The molecular weight excluding hydrogens is 244 g/mol. The quantitative estimate of drug-likeness (QED) is 0.784. The van der Waals surface area contributed by atoms with Crippen molar-refractivity contribution < 1.29 is 15.0 Å². The number of benzene rings is 1. The minimum atomic E-state index is -0.997. The summed E-state index contributed by atoms with van der Waals surface area (Å²) in [5.41, 5.74) is -0.380. The molecule has 1 heterocycles. The molecule has 1 aromatic heterocycles. The van der Waals surface area contributed by atoms with Gasteiger partial charge < -0.3 is 15.5 Å².